The molecule has 20 heavy (non-hydrogen) atoms. The van der Waals surface area contributed by atoms with Crippen LogP contribution in [-0.2, 0) is 18.8 Å². The van der Waals surface area contributed by atoms with E-state index < -0.39 is 0 Å². The highest BCUT2D eigenvalue weighted by Crippen LogP contribution is 2.29. The van der Waals surface area contributed by atoms with Crippen LogP contribution in [0, 0.1) is 0 Å². The molecule has 1 aliphatic heterocycles. The van der Waals surface area contributed by atoms with Crippen LogP contribution in [0.2, 0.25) is 0 Å². The van der Waals surface area contributed by atoms with Crippen LogP contribution in [0.4, 0.5) is 0 Å². The van der Waals surface area contributed by atoms with Gasteiger partial charge in [-0.3, -0.25) is 4.90 Å². The molecule has 1 unspecified atom stereocenters. The summed E-state index contributed by atoms with van der Waals surface area (Å²) < 4.78 is 0. The first-order valence-electron chi connectivity index (χ1n) is 7.09. The van der Waals surface area contributed by atoms with Crippen molar-refractivity contribution < 1.29 is 0 Å². The molecular formula is C16H19ClN2S. The highest BCUT2D eigenvalue weighted by molar-refractivity contribution is 7.09. The second-order valence-electron chi connectivity index (χ2n) is 5.33. The number of fused-ring (bicyclic) bond motifs is 1. The van der Waals surface area contributed by atoms with E-state index in [0.717, 1.165) is 18.8 Å². The Morgan fingerprint density at radius 1 is 1.35 bits per heavy atom. The van der Waals surface area contributed by atoms with Crippen molar-refractivity contribution in [2.75, 3.05) is 6.54 Å². The van der Waals surface area contributed by atoms with E-state index >= 15 is 0 Å². The van der Waals surface area contributed by atoms with Gasteiger partial charge < -0.3 is 0 Å². The molecular weight excluding hydrogens is 288 g/mol. The van der Waals surface area contributed by atoms with Crippen molar-refractivity contribution in [2.45, 2.75) is 38.2 Å². The summed E-state index contributed by atoms with van der Waals surface area (Å²) in [6, 6.07) is 9.17. The quantitative estimate of drug-likeness (QED) is 0.782. The minimum Gasteiger partial charge on any atom is -0.290 e. The van der Waals surface area contributed by atoms with Crippen molar-refractivity contribution in [2.24, 2.45) is 0 Å². The molecule has 0 fully saturated rings. The van der Waals surface area contributed by atoms with Crippen LogP contribution in [0.25, 0.3) is 0 Å². The Morgan fingerprint density at radius 3 is 2.90 bits per heavy atom. The SMILES string of the molecule is CC(c1nc(CCl)cs1)N1CCCc2ccccc2C1. The molecule has 3 rings (SSSR count). The second-order valence-corrected chi connectivity index (χ2v) is 6.49. The lowest BCUT2D eigenvalue weighted by Gasteiger charge is -2.26. The zero-order chi connectivity index (χ0) is 13.9. The summed E-state index contributed by atoms with van der Waals surface area (Å²) >= 11 is 7.58. The number of hydrogen-bond acceptors (Lipinski definition) is 3. The van der Waals surface area contributed by atoms with E-state index in [1.807, 2.05) is 0 Å². The minimum atomic E-state index is 0.364. The highest BCUT2D eigenvalue weighted by Gasteiger charge is 2.22. The maximum absolute atomic E-state index is 5.85. The van der Waals surface area contributed by atoms with Crippen LogP contribution in [-0.4, -0.2) is 16.4 Å². The summed E-state index contributed by atoms with van der Waals surface area (Å²) in [7, 11) is 0. The molecule has 0 saturated heterocycles. The Labute approximate surface area is 129 Å². The monoisotopic (exact) mass is 306 g/mol. The third kappa shape index (κ3) is 2.90. The van der Waals surface area contributed by atoms with E-state index in [-0.39, 0.29) is 0 Å². The number of nitrogens with zero attached hydrogens (tertiary/aromatic N) is 2. The predicted octanol–water partition coefficient (Wildman–Crippen LogP) is 4.39. The normalized spacial score (nSPS) is 17.5. The van der Waals surface area contributed by atoms with Crippen LogP contribution in [0.1, 0.15) is 41.2 Å². The van der Waals surface area contributed by atoms with Crippen LogP contribution in [0.3, 0.4) is 0 Å². The van der Waals surface area contributed by atoms with Crippen molar-refractivity contribution in [3.63, 3.8) is 0 Å². The van der Waals surface area contributed by atoms with Crippen molar-refractivity contribution in [1.82, 2.24) is 9.88 Å². The first-order valence-corrected chi connectivity index (χ1v) is 8.50. The Kier molecular flexibility index (Phi) is 4.39. The van der Waals surface area contributed by atoms with Crippen LogP contribution < -0.4 is 0 Å². The van der Waals surface area contributed by atoms with Crippen molar-refractivity contribution in [3.8, 4) is 0 Å². The van der Waals surface area contributed by atoms with Gasteiger partial charge in [-0.1, -0.05) is 24.3 Å². The molecule has 0 N–H and O–H groups in total. The number of aromatic nitrogens is 1. The van der Waals surface area contributed by atoms with Crippen LogP contribution in [0.15, 0.2) is 29.6 Å². The van der Waals surface area contributed by atoms with E-state index in [2.05, 4.69) is 46.5 Å². The lowest BCUT2D eigenvalue weighted by molar-refractivity contribution is 0.204. The lowest BCUT2D eigenvalue weighted by Crippen LogP contribution is -2.26. The topological polar surface area (TPSA) is 16.1 Å². The molecule has 0 spiro atoms. The summed E-state index contributed by atoms with van der Waals surface area (Å²) in [6.45, 7) is 4.41. The molecule has 1 atom stereocenters. The lowest BCUT2D eigenvalue weighted by atomic mass is 10.0. The summed E-state index contributed by atoms with van der Waals surface area (Å²) in [4.78, 5) is 7.17. The zero-order valence-corrected chi connectivity index (χ0v) is 13.3. The minimum absolute atomic E-state index is 0.364. The fraction of sp³-hybridized carbons (Fsp3) is 0.438. The number of alkyl halides is 1. The van der Waals surface area contributed by atoms with Gasteiger partial charge >= 0.3 is 0 Å². The first kappa shape index (κ1) is 14.1. The molecule has 1 aromatic carbocycles. The molecule has 1 aliphatic rings. The average Bonchev–Trinajstić information content (AvgIpc) is 2.85. The standard InChI is InChI=1S/C16H19ClN2S/c1-12(16-18-15(9-17)11-20-16)19-8-4-7-13-5-2-3-6-14(13)10-19/h2-3,5-6,11-12H,4,7-10H2,1H3. The van der Waals surface area contributed by atoms with E-state index in [1.165, 1.54) is 29.0 Å². The smallest absolute Gasteiger partial charge is 0.110 e. The fourth-order valence-corrected chi connectivity index (χ4v) is 3.93. The van der Waals surface area contributed by atoms with Gasteiger partial charge in [-0.05, 0) is 37.4 Å². The zero-order valence-electron chi connectivity index (χ0n) is 11.7. The summed E-state index contributed by atoms with van der Waals surface area (Å²) in [5.41, 5.74) is 3.96. The molecule has 0 saturated carbocycles. The van der Waals surface area contributed by atoms with E-state index in [1.54, 1.807) is 11.3 Å². The van der Waals surface area contributed by atoms with E-state index in [9.17, 15) is 0 Å². The van der Waals surface area contributed by atoms with E-state index in [4.69, 9.17) is 11.6 Å². The van der Waals surface area contributed by atoms with Gasteiger partial charge in [-0.25, -0.2) is 4.98 Å². The Morgan fingerprint density at radius 2 is 2.15 bits per heavy atom. The second kappa shape index (κ2) is 6.25. The predicted molar refractivity (Wildman–Crippen MR) is 85.3 cm³/mol. The Hall–Kier alpha value is -0.900. The van der Waals surface area contributed by atoms with E-state index in [0.29, 0.717) is 11.9 Å². The number of hydrogen-bond donors (Lipinski definition) is 0. The van der Waals surface area contributed by atoms with Gasteiger partial charge in [0, 0.05) is 11.9 Å². The number of benzene rings is 1. The molecule has 1 aromatic heterocycles. The molecule has 0 amide bonds. The molecule has 0 aliphatic carbocycles. The summed E-state index contributed by atoms with van der Waals surface area (Å²) in [6.07, 6.45) is 2.40. The maximum atomic E-state index is 5.85. The maximum Gasteiger partial charge on any atom is 0.110 e. The van der Waals surface area contributed by atoms with Crippen molar-refractivity contribution in [1.29, 1.82) is 0 Å². The largest absolute Gasteiger partial charge is 0.290 e. The first-order chi connectivity index (χ1) is 9.78. The molecule has 2 nitrogen and oxygen atoms in total. The molecule has 0 radical (unpaired) electrons. The average molecular weight is 307 g/mol. The summed E-state index contributed by atoms with van der Waals surface area (Å²) in [5.74, 6) is 0.506. The van der Waals surface area contributed by atoms with Gasteiger partial charge in [-0.2, -0.15) is 0 Å². The van der Waals surface area contributed by atoms with Gasteiger partial charge in [0.05, 0.1) is 17.6 Å². The van der Waals surface area contributed by atoms with Crippen LogP contribution >= 0.6 is 22.9 Å². The molecule has 2 heterocycles. The highest BCUT2D eigenvalue weighted by atomic mass is 35.5. The number of rotatable bonds is 3. The van der Waals surface area contributed by atoms with Gasteiger partial charge in [0.15, 0.2) is 0 Å². The van der Waals surface area contributed by atoms with Crippen molar-refractivity contribution in [3.05, 3.63) is 51.5 Å². The van der Waals surface area contributed by atoms with Gasteiger partial charge in [0.2, 0.25) is 0 Å². The number of thiazole rings is 1. The number of halogens is 1. The van der Waals surface area contributed by atoms with Gasteiger partial charge in [0.1, 0.15) is 5.01 Å². The molecule has 106 valence electrons. The molecule has 4 heteroatoms. The molecule has 2 aromatic rings. The Bertz CT molecular complexity index is 581. The van der Waals surface area contributed by atoms with Gasteiger partial charge in [-0.15, -0.1) is 22.9 Å². The third-order valence-electron chi connectivity index (χ3n) is 3.99. The van der Waals surface area contributed by atoms with Crippen LogP contribution in [0.5, 0.6) is 0 Å². The third-order valence-corrected chi connectivity index (χ3v) is 5.33. The number of aryl methyl sites for hydroxylation is 1. The fourth-order valence-electron chi connectivity index (χ4n) is 2.79. The van der Waals surface area contributed by atoms with Crippen molar-refractivity contribution >= 4 is 22.9 Å². The van der Waals surface area contributed by atoms with Gasteiger partial charge in [0.25, 0.3) is 0 Å². The molecule has 0 bridgehead atoms. The summed E-state index contributed by atoms with van der Waals surface area (Å²) in [5, 5.41) is 3.25. The Balaban J connectivity index is 1.80.